The van der Waals surface area contributed by atoms with Crippen molar-refractivity contribution < 1.29 is 22.4 Å². The summed E-state index contributed by atoms with van der Waals surface area (Å²) in [5, 5.41) is 0.0690. The Morgan fingerprint density at radius 1 is 1.29 bits per heavy atom. The molecular formula is C15H26N2O5SSi. The summed E-state index contributed by atoms with van der Waals surface area (Å²) in [4.78, 5) is 15.1. The minimum Gasteiger partial charge on any atom is -0.464 e. The first-order valence-electron chi connectivity index (χ1n) is 7.59. The van der Waals surface area contributed by atoms with Crippen molar-refractivity contribution >= 4 is 24.3 Å². The fourth-order valence-corrected chi connectivity index (χ4v) is 3.55. The van der Waals surface area contributed by atoms with Crippen LogP contribution in [0.25, 0.3) is 0 Å². The molecule has 0 saturated heterocycles. The van der Waals surface area contributed by atoms with Gasteiger partial charge in [0.2, 0.25) is 10.0 Å². The minimum absolute atomic E-state index is 0.0116. The van der Waals surface area contributed by atoms with Crippen molar-refractivity contribution in [1.29, 1.82) is 0 Å². The zero-order valence-corrected chi connectivity index (χ0v) is 16.9. The molecule has 0 saturated carbocycles. The monoisotopic (exact) mass is 374 g/mol. The maximum absolute atomic E-state index is 12.2. The van der Waals surface area contributed by atoms with Gasteiger partial charge in [-0.15, -0.1) is 0 Å². The van der Waals surface area contributed by atoms with Crippen molar-refractivity contribution in [3.63, 3.8) is 0 Å². The molecule has 0 aliphatic carbocycles. The average Bonchev–Trinajstić information content (AvgIpc) is 2.50. The van der Waals surface area contributed by atoms with Crippen LogP contribution >= 0.6 is 0 Å². The minimum atomic E-state index is -3.69. The van der Waals surface area contributed by atoms with Gasteiger partial charge >= 0.3 is 5.97 Å². The lowest BCUT2D eigenvalue weighted by molar-refractivity contribution is 0.0594. The van der Waals surface area contributed by atoms with Crippen LogP contribution in [0, 0.1) is 0 Å². The number of methoxy groups -OCH3 is 1. The van der Waals surface area contributed by atoms with E-state index >= 15 is 0 Å². The van der Waals surface area contributed by atoms with Crippen molar-refractivity contribution in [3.8, 4) is 0 Å². The Balaban J connectivity index is 2.63. The molecular weight excluding hydrogens is 348 g/mol. The summed E-state index contributed by atoms with van der Waals surface area (Å²) in [6.45, 7) is 11.1. The Labute approximate surface area is 145 Å². The Bertz CT molecular complexity index is 666. The summed E-state index contributed by atoms with van der Waals surface area (Å²) in [6.07, 6.45) is 1.13. The standard InChI is InChI=1S/C15H26N2O5SSi/c1-15(2,3)24(5,6)22-10-9-17-23(19,20)12-7-8-13(16-11-12)14(18)21-4/h7-8,11,17H,9-10H2,1-6H3. The number of rotatable bonds is 7. The smallest absolute Gasteiger partial charge is 0.356 e. The fraction of sp³-hybridized carbons (Fsp3) is 0.600. The van der Waals surface area contributed by atoms with E-state index < -0.39 is 24.3 Å². The van der Waals surface area contributed by atoms with Crippen LogP contribution in [0.15, 0.2) is 23.2 Å². The van der Waals surface area contributed by atoms with Crippen LogP contribution in [0.2, 0.25) is 18.1 Å². The van der Waals surface area contributed by atoms with Crippen molar-refractivity contribution in [1.82, 2.24) is 9.71 Å². The molecule has 24 heavy (non-hydrogen) atoms. The lowest BCUT2D eigenvalue weighted by Gasteiger charge is -2.36. The van der Waals surface area contributed by atoms with Gasteiger partial charge in [-0.25, -0.2) is 22.9 Å². The molecule has 136 valence electrons. The highest BCUT2D eigenvalue weighted by Crippen LogP contribution is 2.36. The molecule has 0 radical (unpaired) electrons. The Hall–Kier alpha value is -1.29. The van der Waals surface area contributed by atoms with Crippen molar-refractivity contribution in [2.75, 3.05) is 20.3 Å². The Morgan fingerprint density at radius 2 is 1.92 bits per heavy atom. The van der Waals surface area contributed by atoms with Crippen LogP contribution in [-0.4, -0.2) is 47.9 Å². The number of carbonyl (C=O) groups is 1. The number of nitrogens with zero attached hydrogens (tertiary/aromatic N) is 1. The van der Waals surface area contributed by atoms with E-state index in [0.29, 0.717) is 6.61 Å². The molecule has 1 aromatic rings. The van der Waals surface area contributed by atoms with E-state index in [2.05, 4.69) is 48.3 Å². The first-order chi connectivity index (χ1) is 10.9. The largest absolute Gasteiger partial charge is 0.464 e. The van der Waals surface area contributed by atoms with Gasteiger partial charge in [-0.05, 0) is 30.3 Å². The first kappa shape index (κ1) is 20.8. The molecule has 0 fully saturated rings. The summed E-state index contributed by atoms with van der Waals surface area (Å²) >= 11 is 0. The van der Waals surface area contributed by atoms with Crippen molar-refractivity contribution in [2.24, 2.45) is 0 Å². The maximum atomic E-state index is 12.2. The molecule has 1 aromatic heterocycles. The van der Waals surface area contributed by atoms with E-state index in [1.807, 2.05) is 0 Å². The number of sulfonamides is 1. The number of hydrogen-bond acceptors (Lipinski definition) is 6. The predicted molar refractivity (Wildman–Crippen MR) is 93.9 cm³/mol. The van der Waals surface area contributed by atoms with Gasteiger partial charge in [-0.3, -0.25) is 0 Å². The van der Waals surface area contributed by atoms with Gasteiger partial charge in [-0.2, -0.15) is 0 Å². The number of ether oxygens (including phenoxy) is 1. The molecule has 1 N–H and O–H groups in total. The number of carbonyl (C=O) groups excluding carboxylic acids is 1. The van der Waals surface area contributed by atoms with Crippen LogP contribution in [0.5, 0.6) is 0 Å². The Morgan fingerprint density at radius 3 is 2.38 bits per heavy atom. The SMILES string of the molecule is COC(=O)c1ccc(S(=O)(=O)NCCO[Si](C)(C)C(C)(C)C)cn1. The molecule has 0 aliphatic heterocycles. The fourth-order valence-electron chi connectivity index (χ4n) is 1.55. The molecule has 0 aromatic carbocycles. The van der Waals surface area contributed by atoms with Crippen LogP contribution in [-0.2, 0) is 19.2 Å². The third-order valence-electron chi connectivity index (χ3n) is 4.10. The lowest BCUT2D eigenvalue weighted by atomic mass is 10.2. The van der Waals surface area contributed by atoms with Gasteiger partial charge in [0.15, 0.2) is 8.32 Å². The summed E-state index contributed by atoms with van der Waals surface area (Å²) < 4.78 is 37.3. The third kappa shape index (κ3) is 5.37. The second-order valence-corrected chi connectivity index (χ2v) is 13.5. The second-order valence-electron chi connectivity index (χ2n) is 6.88. The van der Waals surface area contributed by atoms with Gasteiger partial charge in [-0.1, -0.05) is 20.8 Å². The molecule has 1 heterocycles. The van der Waals surface area contributed by atoms with Gasteiger partial charge in [0.25, 0.3) is 0 Å². The molecule has 0 amide bonds. The van der Waals surface area contributed by atoms with E-state index in [9.17, 15) is 13.2 Å². The molecule has 0 bridgehead atoms. The van der Waals surface area contributed by atoms with Crippen LogP contribution in [0.4, 0.5) is 0 Å². The van der Waals surface area contributed by atoms with E-state index in [4.69, 9.17) is 4.43 Å². The number of pyridine rings is 1. The highest BCUT2D eigenvalue weighted by molar-refractivity contribution is 7.89. The van der Waals surface area contributed by atoms with Crippen molar-refractivity contribution in [3.05, 3.63) is 24.0 Å². The number of esters is 1. The van der Waals surface area contributed by atoms with Gasteiger partial charge in [0, 0.05) is 19.3 Å². The summed E-state index contributed by atoms with van der Waals surface area (Å²) in [5.41, 5.74) is 0.0534. The maximum Gasteiger partial charge on any atom is 0.356 e. The molecule has 1 rings (SSSR count). The van der Waals surface area contributed by atoms with Gasteiger partial charge in [0.05, 0.1) is 7.11 Å². The van der Waals surface area contributed by atoms with Gasteiger partial charge in [0.1, 0.15) is 10.6 Å². The lowest BCUT2D eigenvalue weighted by Crippen LogP contribution is -2.42. The number of aromatic nitrogens is 1. The quantitative estimate of drug-likeness (QED) is 0.446. The second kappa shape index (κ2) is 7.73. The van der Waals surface area contributed by atoms with Crippen LogP contribution < -0.4 is 4.72 Å². The predicted octanol–water partition coefficient (Wildman–Crippen LogP) is 2.17. The normalized spacial score (nSPS) is 12.9. The van der Waals surface area contributed by atoms with Crippen LogP contribution in [0.3, 0.4) is 0 Å². The Kier molecular flexibility index (Phi) is 6.68. The number of nitrogens with one attached hydrogen (secondary N) is 1. The first-order valence-corrected chi connectivity index (χ1v) is 12.0. The molecule has 7 nitrogen and oxygen atoms in total. The van der Waals surface area contributed by atoms with Crippen molar-refractivity contribution in [2.45, 2.75) is 43.8 Å². The van der Waals surface area contributed by atoms with E-state index in [1.165, 1.54) is 19.2 Å². The highest BCUT2D eigenvalue weighted by Gasteiger charge is 2.36. The van der Waals surface area contributed by atoms with E-state index in [1.54, 1.807) is 0 Å². The zero-order valence-electron chi connectivity index (χ0n) is 15.0. The van der Waals surface area contributed by atoms with E-state index in [0.717, 1.165) is 6.20 Å². The van der Waals surface area contributed by atoms with Gasteiger partial charge < -0.3 is 9.16 Å². The van der Waals surface area contributed by atoms with Crippen LogP contribution in [0.1, 0.15) is 31.3 Å². The molecule has 0 unspecified atom stereocenters. The summed E-state index contributed by atoms with van der Waals surface area (Å²) in [7, 11) is -4.36. The topological polar surface area (TPSA) is 94.6 Å². The summed E-state index contributed by atoms with van der Waals surface area (Å²) in [6, 6.07) is 2.63. The summed E-state index contributed by atoms with van der Waals surface area (Å²) in [5.74, 6) is -0.616. The highest BCUT2D eigenvalue weighted by atomic mass is 32.2. The zero-order chi connectivity index (χ0) is 18.6. The molecule has 0 aliphatic rings. The average molecular weight is 375 g/mol. The van der Waals surface area contributed by atoms with E-state index in [-0.39, 0.29) is 22.2 Å². The third-order valence-corrected chi connectivity index (χ3v) is 10.1. The number of hydrogen-bond donors (Lipinski definition) is 1. The molecule has 9 heteroatoms. The molecule has 0 spiro atoms. The molecule has 0 atom stereocenters.